The highest BCUT2D eigenvalue weighted by molar-refractivity contribution is 5.89. The van der Waals surface area contributed by atoms with Gasteiger partial charge in [-0.05, 0) is 43.6 Å². The van der Waals surface area contributed by atoms with E-state index in [1.54, 1.807) is 21.3 Å². The van der Waals surface area contributed by atoms with Crippen LogP contribution in [0.5, 0.6) is 17.2 Å². The highest BCUT2D eigenvalue weighted by Crippen LogP contribution is 2.38. The molecule has 0 spiro atoms. The Kier molecular flexibility index (Phi) is 6.92. The quantitative estimate of drug-likeness (QED) is 0.677. The van der Waals surface area contributed by atoms with E-state index in [2.05, 4.69) is 27.3 Å². The summed E-state index contributed by atoms with van der Waals surface area (Å²) >= 11 is 0. The van der Waals surface area contributed by atoms with Crippen LogP contribution in [0.4, 0.5) is 0 Å². The van der Waals surface area contributed by atoms with E-state index >= 15 is 0 Å². The number of rotatable bonds is 9. The summed E-state index contributed by atoms with van der Waals surface area (Å²) in [7, 11) is 4.66. The Labute approximate surface area is 170 Å². The molecule has 1 saturated heterocycles. The van der Waals surface area contributed by atoms with Crippen LogP contribution < -0.4 is 19.5 Å². The summed E-state index contributed by atoms with van der Waals surface area (Å²) in [6.07, 6.45) is 2.58. The van der Waals surface area contributed by atoms with Crippen LogP contribution in [0.25, 0.3) is 0 Å². The molecule has 3 rings (SSSR count). The van der Waals surface area contributed by atoms with E-state index in [4.69, 9.17) is 18.6 Å². The standard InChI is InChI=1S/C20H28N4O5/c1-5-24-8-6-7-14(24)12-21-19(25)20-23-22-17(29-20)11-13-9-15(26-2)18(28-4)16(10-13)27-3/h9-10,14H,5-8,11-12H2,1-4H3,(H,21,25)/t14-/m0/s1. The Hall–Kier alpha value is -2.81. The molecule has 0 radical (unpaired) electrons. The second-order valence-electron chi connectivity index (χ2n) is 6.85. The minimum Gasteiger partial charge on any atom is -0.493 e. The first kappa shape index (κ1) is 20.9. The minimum absolute atomic E-state index is 0.0338. The van der Waals surface area contributed by atoms with Crippen LogP contribution in [0, 0.1) is 0 Å². The molecule has 0 unspecified atom stereocenters. The Morgan fingerprint density at radius 2 is 1.93 bits per heavy atom. The highest BCUT2D eigenvalue weighted by atomic mass is 16.5. The summed E-state index contributed by atoms with van der Waals surface area (Å²) in [5.74, 6) is 1.54. The molecule has 158 valence electrons. The first-order valence-electron chi connectivity index (χ1n) is 9.73. The van der Waals surface area contributed by atoms with E-state index in [1.807, 2.05) is 12.1 Å². The molecule has 1 aromatic carbocycles. The SMILES string of the molecule is CCN1CCC[C@H]1CNC(=O)c1nnc(Cc2cc(OC)c(OC)c(OC)c2)o1. The molecule has 1 amide bonds. The van der Waals surface area contributed by atoms with Crippen molar-refractivity contribution in [2.24, 2.45) is 0 Å². The maximum absolute atomic E-state index is 12.4. The number of hydrogen-bond acceptors (Lipinski definition) is 8. The monoisotopic (exact) mass is 404 g/mol. The van der Waals surface area contributed by atoms with Gasteiger partial charge in [-0.15, -0.1) is 10.2 Å². The second-order valence-corrected chi connectivity index (χ2v) is 6.85. The molecule has 1 aromatic heterocycles. The molecule has 1 atom stereocenters. The number of amides is 1. The van der Waals surface area contributed by atoms with E-state index < -0.39 is 0 Å². The van der Waals surface area contributed by atoms with Crippen molar-refractivity contribution in [1.82, 2.24) is 20.4 Å². The zero-order valence-electron chi connectivity index (χ0n) is 17.4. The van der Waals surface area contributed by atoms with Crippen molar-refractivity contribution in [3.63, 3.8) is 0 Å². The molecule has 9 nitrogen and oxygen atoms in total. The average Bonchev–Trinajstić information content (AvgIpc) is 3.40. The molecule has 2 heterocycles. The van der Waals surface area contributed by atoms with Crippen LogP contribution in [0.15, 0.2) is 16.5 Å². The lowest BCUT2D eigenvalue weighted by atomic mass is 10.1. The van der Waals surface area contributed by atoms with Gasteiger partial charge < -0.3 is 23.9 Å². The number of carbonyl (C=O) groups excluding carboxylic acids is 1. The third-order valence-corrected chi connectivity index (χ3v) is 5.14. The number of hydrogen-bond donors (Lipinski definition) is 1. The first-order valence-corrected chi connectivity index (χ1v) is 9.73. The van der Waals surface area contributed by atoms with Crippen molar-refractivity contribution in [3.8, 4) is 17.2 Å². The number of ether oxygens (including phenoxy) is 3. The van der Waals surface area contributed by atoms with Crippen molar-refractivity contribution in [3.05, 3.63) is 29.5 Å². The number of nitrogens with one attached hydrogen (secondary N) is 1. The average molecular weight is 404 g/mol. The molecule has 0 aliphatic carbocycles. The van der Waals surface area contributed by atoms with Crippen molar-refractivity contribution in [2.75, 3.05) is 41.0 Å². The van der Waals surface area contributed by atoms with E-state index in [0.29, 0.717) is 42.1 Å². The van der Waals surface area contributed by atoms with Gasteiger partial charge in [-0.25, -0.2) is 0 Å². The summed E-state index contributed by atoms with van der Waals surface area (Å²) < 4.78 is 21.6. The van der Waals surface area contributed by atoms with Gasteiger partial charge in [-0.1, -0.05) is 6.92 Å². The maximum atomic E-state index is 12.4. The predicted molar refractivity (Wildman–Crippen MR) is 106 cm³/mol. The van der Waals surface area contributed by atoms with Gasteiger partial charge in [0.15, 0.2) is 11.5 Å². The van der Waals surface area contributed by atoms with E-state index in [-0.39, 0.29) is 11.8 Å². The van der Waals surface area contributed by atoms with Gasteiger partial charge in [0.25, 0.3) is 0 Å². The largest absolute Gasteiger partial charge is 0.493 e. The van der Waals surface area contributed by atoms with E-state index in [9.17, 15) is 4.79 Å². The van der Waals surface area contributed by atoms with Crippen LogP contribution >= 0.6 is 0 Å². The van der Waals surface area contributed by atoms with Crippen molar-refractivity contribution in [1.29, 1.82) is 0 Å². The molecule has 2 aromatic rings. The molecule has 1 fully saturated rings. The first-order chi connectivity index (χ1) is 14.1. The summed E-state index contributed by atoms with van der Waals surface area (Å²) in [6.45, 7) is 4.78. The molecule has 9 heteroatoms. The van der Waals surface area contributed by atoms with Gasteiger partial charge in [0, 0.05) is 12.6 Å². The fraction of sp³-hybridized carbons (Fsp3) is 0.550. The van der Waals surface area contributed by atoms with Gasteiger partial charge in [-0.2, -0.15) is 0 Å². The van der Waals surface area contributed by atoms with Crippen LogP contribution in [-0.4, -0.2) is 68.0 Å². The maximum Gasteiger partial charge on any atom is 0.308 e. The second kappa shape index (κ2) is 9.60. The fourth-order valence-electron chi connectivity index (χ4n) is 3.66. The fourth-order valence-corrected chi connectivity index (χ4v) is 3.66. The highest BCUT2D eigenvalue weighted by Gasteiger charge is 2.24. The number of carbonyl (C=O) groups is 1. The molecular formula is C20H28N4O5. The van der Waals surface area contributed by atoms with Crippen LogP contribution in [0.3, 0.4) is 0 Å². The van der Waals surface area contributed by atoms with Crippen molar-refractivity contribution >= 4 is 5.91 Å². The van der Waals surface area contributed by atoms with Gasteiger partial charge >= 0.3 is 11.8 Å². The summed E-state index contributed by atoms with van der Waals surface area (Å²) in [6, 6.07) is 3.99. The van der Waals surface area contributed by atoms with Gasteiger partial charge in [0.2, 0.25) is 11.6 Å². The Balaban J connectivity index is 1.65. The smallest absolute Gasteiger partial charge is 0.308 e. The Morgan fingerprint density at radius 3 is 2.55 bits per heavy atom. The molecule has 1 aliphatic rings. The predicted octanol–water partition coefficient (Wildman–Crippen LogP) is 1.90. The molecule has 1 aliphatic heterocycles. The zero-order chi connectivity index (χ0) is 20.8. The zero-order valence-corrected chi connectivity index (χ0v) is 17.4. The minimum atomic E-state index is -0.350. The van der Waals surface area contributed by atoms with Crippen LogP contribution in [0.1, 0.15) is 41.9 Å². The normalized spacial score (nSPS) is 16.6. The van der Waals surface area contributed by atoms with E-state index in [0.717, 1.165) is 31.5 Å². The molecule has 1 N–H and O–H groups in total. The lowest BCUT2D eigenvalue weighted by Crippen LogP contribution is -2.40. The number of methoxy groups -OCH3 is 3. The topological polar surface area (TPSA) is 99.0 Å². The molecule has 0 saturated carbocycles. The van der Waals surface area contributed by atoms with E-state index in [1.165, 1.54) is 0 Å². The van der Waals surface area contributed by atoms with Crippen molar-refractivity contribution in [2.45, 2.75) is 32.2 Å². The van der Waals surface area contributed by atoms with Crippen molar-refractivity contribution < 1.29 is 23.4 Å². The lowest BCUT2D eigenvalue weighted by Gasteiger charge is -2.22. The number of benzene rings is 1. The van der Waals surface area contributed by atoms with Gasteiger partial charge in [0.1, 0.15) is 0 Å². The number of nitrogens with zero attached hydrogens (tertiary/aromatic N) is 3. The van der Waals surface area contributed by atoms with Crippen LogP contribution in [-0.2, 0) is 6.42 Å². The molecule has 0 bridgehead atoms. The Bertz CT molecular complexity index is 813. The summed E-state index contributed by atoms with van der Waals surface area (Å²) in [4.78, 5) is 14.7. The summed E-state index contributed by atoms with van der Waals surface area (Å²) in [5, 5.41) is 10.8. The molecular weight excluding hydrogens is 376 g/mol. The van der Waals surface area contributed by atoms with Gasteiger partial charge in [-0.3, -0.25) is 9.69 Å². The lowest BCUT2D eigenvalue weighted by molar-refractivity contribution is 0.0905. The number of aromatic nitrogens is 2. The van der Waals surface area contributed by atoms with Crippen LogP contribution in [0.2, 0.25) is 0 Å². The number of likely N-dealkylation sites (N-methyl/N-ethyl adjacent to an activating group) is 1. The Morgan fingerprint density at radius 1 is 1.21 bits per heavy atom. The molecule has 29 heavy (non-hydrogen) atoms. The third-order valence-electron chi connectivity index (χ3n) is 5.14. The number of likely N-dealkylation sites (tertiary alicyclic amines) is 1. The third kappa shape index (κ3) is 4.79. The summed E-state index contributed by atoms with van der Waals surface area (Å²) in [5.41, 5.74) is 0.833. The van der Waals surface area contributed by atoms with Gasteiger partial charge in [0.05, 0.1) is 27.8 Å².